The molecular weight excluding hydrogens is 170 g/mol. The van der Waals surface area contributed by atoms with E-state index in [-0.39, 0.29) is 0 Å². The molecule has 1 atom stereocenters. The van der Waals surface area contributed by atoms with Crippen LogP contribution in [0.15, 0.2) is 12.2 Å². The van der Waals surface area contributed by atoms with Crippen LogP contribution in [0, 0.1) is 0 Å². The molecule has 0 aliphatic heterocycles. The number of hydrogen-bond acceptors (Lipinski definition) is 1. The van der Waals surface area contributed by atoms with E-state index >= 15 is 0 Å². The molecule has 2 N–H and O–H groups in total. The van der Waals surface area contributed by atoms with Crippen LogP contribution in [0.1, 0.15) is 65.2 Å². The molecule has 0 saturated carbocycles. The summed E-state index contributed by atoms with van der Waals surface area (Å²) in [6.07, 6.45) is 14.5. The van der Waals surface area contributed by atoms with Crippen molar-refractivity contribution in [1.29, 1.82) is 0 Å². The Morgan fingerprint density at radius 1 is 1.00 bits per heavy atom. The van der Waals surface area contributed by atoms with Crippen molar-refractivity contribution in [1.82, 2.24) is 0 Å². The first-order chi connectivity index (χ1) is 6.81. The quantitative estimate of drug-likeness (QED) is 0.438. The molecule has 0 radical (unpaired) electrons. The second kappa shape index (κ2) is 10.8. The third-order valence-electron chi connectivity index (χ3n) is 2.49. The van der Waals surface area contributed by atoms with Crippen LogP contribution in [0.3, 0.4) is 0 Å². The highest BCUT2D eigenvalue weighted by molar-refractivity contribution is 4.84. The normalized spacial score (nSPS) is 13.6. The fourth-order valence-corrected chi connectivity index (χ4v) is 1.51. The Bertz CT molecular complexity index is 129. The average molecular weight is 197 g/mol. The lowest BCUT2D eigenvalue weighted by molar-refractivity contribution is 0.551. The summed E-state index contributed by atoms with van der Waals surface area (Å²) in [5, 5.41) is 0. The molecule has 0 aromatic heterocycles. The number of allylic oxidation sites excluding steroid dienone is 1. The third-order valence-corrected chi connectivity index (χ3v) is 2.49. The maximum Gasteiger partial charge on any atom is 0.00734 e. The molecule has 1 nitrogen and oxygen atoms in total. The number of nitrogens with two attached hydrogens (primary N) is 1. The Hall–Kier alpha value is -0.300. The predicted molar refractivity (Wildman–Crippen MR) is 65.4 cm³/mol. The van der Waals surface area contributed by atoms with E-state index in [2.05, 4.69) is 26.0 Å². The average Bonchev–Trinajstić information content (AvgIpc) is 2.19. The lowest BCUT2D eigenvalue weighted by atomic mass is 10.1. The Balaban J connectivity index is 3.23. The van der Waals surface area contributed by atoms with Crippen LogP contribution in [0.4, 0.5) is 0 Å². The summed E-state index contributed by atoms with van der Waals surface area (Å²) in [4.78, 5) is 0. The zero-order chi connectivity index (χ0) is 10.6. The van der Waals surface area contributed by atoms with Gasteiger partial charge in [-0.25, -0.2) is 0 Å². The minimum absolute atomic E-state index is 0.389. The summed E-state index contributed by atoms with van der Waals surface area (Å²) >= 11 is 0. The van der Waals surface area contributed by atoms with Crippen LogP contribution in [0.2, 0.25) is 0 Å². The minimum Gasteiger partial charge on any atom is -0.327 e. The highest BCUT2D eigenvalue weighted by atomic mass is 14.6. The molecule has 1 unspecified atom stereocenters. The van der Waals surface area contributed by atoms with Gasteiger partial charge < -0.3 is 5.73 Å². The van der Waals surface area contributed by atoms with Crippen LogP contribution in [-0.4, -0.2) is 6.04 Å². The van der Waals surface area contributed by atoms with Gasteiger partial charge in [0.2, 0.25) is 0 Å². The van der Waals surface area contributed by atoms with Gasteiger partial charge in [-0.1, -0.05) is 58.1 Å². The first-order valence-electron chi connectivity index (χ1n) is 6.21. The van der Waals surface area contributed by atoms with Gasteiger partial charge in [0.05, 0.1) is 0 Å². The molecule has 0 fully saturated rings. The van der Waals surface area contributed by atoms with Gasteiger partial charge in [0.1, 0.15) is 0 Å². The molecule has 0 amide bonds. The molecule has 0 aliphatic carbocycles. The zero-order valence-electron chi connectivity index (χ0n) is 9.97. The van der Waals surface area contributed by atoms with Crippen molar-refractivity contribution in [2.24, 2.45) is 5.73 Å². The molecular formula is C13H27N. The van der Waals surface area contributed by atoms with Crippen LogP contribution < -0.4 is 5.73 Å². The van der Waals surface area contributed by atoms with Crippen molar-refractivity contribution in [3.05, 3.63) is 12.2 Å². The van der Waals surface area contributed by atoms with E-state index in [1.165, 1.54) is 44.9 Å². The summed E-state index contributed by atoms with van der Waals surface area (Å²) < 4.78 is 0. The third kappa shape index (κ3) is 9.79. The Morgan fingerprint density at radius 2 is 1.79 bits per heavy atom. The summed E-state index contributed by atoms with van der Waals surface area (Å²) in [6.45, 7) is 4.45. The molecule has 0 aromatic carbocycles. The maximum absolute atomic E-state index is 5.99. The molecule has 14 heavy (non-hydrogen) atoms. The molecule has 0 spiro atoms. The lowest BCUT2D eigenvalue weighted by Crippen LogP contribution is -2.18. The van der Waals surface area contributed by atoms with E-state index < -0.39 is 0 Å². The van der Waals surface area contributed by atoms with Crippen molar-refractivity contribution < 1.29 is 0 Å². The largest absolute Gasteiger partial charge is 0.327 e. The van der Waals surface area contributed by atoms with Crippen LogP contribution in [0.5, 0.6) is 0 Å². The molecule has 1 heteroatoms. The summed E-state index contributed by atoms with van der Waals surface area (Å²) in [6, 6.07) is 0.389. The molecule has 84 valence electrons. The first kappa shape index (κ1) is 13.7. The fraction of sp³-hybridized carbons (Fsp3) is 0.846. The van der Waals surface area contributed by atoms with Gasteiger partial charge in [-0.2, -0.15) is 0 Å². The molecule has 0 aromatic rings. The van der Waals surface area contributed by atoms with E-state index in [0.29, 0.717) is 6.04 Å². The van der Waals surface area contributed by atoms with E-state index in [1.54, 1.807) is 0 Å². The first-order valence-corrected chi connectivity index (χ1v) is 6.21. The molecule has 0 heterocycles. The highest BCUT2D eigenvalue weighted by Crippen LogP contribution is 2.07. The highest BCUT2D eigenvalue weighted by Gasteiger charge is 1.98. The van der Waals surface area contributed by atoms with Gasteiger partial charge in [-0.05, 0) is 19.3 Å². The van der Waals surface area contributed by atoms with Crippen molar-refractivity contribution in [3.8, 4) is 0 Å². The molecule has 0 aliphatic rings. The van der Waals surface area contributed by atoms with E-state index in [9.17, 15) is 0 Å². The van der Waals surface area contributed by atoms with Crippen molar-refractivity contribution in [2.75, 3.05) is 0 Å². The number of rotatable bonds is 9. The van der Waals surface area contributed by atoms with Gasteiger partial charge in [0.15, 0.2) is 0 Å². The lowest BCUT2D eigenvalue weighted by Gasteiger charge is -2.07. The van der Waals surface area contributed by atoms with Crippen LogP contribution >= 0.6 is 0 Å². The van der Waals surface area contributed by atoms with Gasteiger partial charge in [-0.15, -0.1) is 0 Å². The van der Waals surface area contributed by atoms with E-state index in [4.69, 9.17) is 5.73 Å². The fourth-order valence-electron chi connectivity index (χ4n) is 1.51. The van der Waals surface area contributed by atoms with Crippen LogP contribution in [-0.2, 0) is 0 Å². The smallest absolute Gasteiger partial charge is 0.00734 e. The van der Waals surface area contributed by atoms with Crippen molar-refractivity contribution in [3.63, 3.8) is 0 Å². The summed E-state index contributed by atoms with van der Waals surface area (Å²) in [5.41, 5.74) is 5.99. The number of unbranched alkanes of at least 4 members (excludes halogenated alkanes) is 4. The number of hydrogen-bond donors (Lipinski definition) is 1. The van der Waals surface area contributed by atoms with Gasteiger partial charge in [0.25, 0.3) is 0 Å². The van der Waals surface area contributed by atoms with Crippen molar-refractivity contribution in [2.45, 2.75) is 71.3 Å². The summed E-state index contributed by atoms with van der Waals surface area (Å²) in [7, 11) is 0. The van der Waals surface area contributed by atoms with E-state index in [1.807, 2.05) is 0 Å². The Kier molecular flexibility index (Phi) is 10.5. The standard InChI is InChI=1S/C13H27N/c1-3-5-7-9-11-13(14)12-10-8-6-4-2/h7,9,13H,3-6,8,10-12,14H2,1-2H3/b9-7+. The molecule has 0 saturated heterocycles. The maximum atomic E-state index is 5.99. The SMILES string of the molecule is CCC/C=C/CC(N)CCCCCC. The second-order valence-corrected chi connectivity index (χ2v) is 4.11. The Labute approximate surface area is 89.8 Å². The summed E-state index contributed by atoms with van der Waals surface area (Å²) in [5.74, 6) is 0. The van der Waals surface area contributed by atoms with Gasteiger partial charge in [-0.3, -0.25) is 0 Å². The topological polar surface area (TPSA) is 26.0 Å². The minimum atomic E-state index is 0.389. The van der Waals surface area contributed by atoms with Gasteiger partial charge in [0, 0.05) is 6.04 Å². The van der Waals surface area contributed by atoms with E-state index in [0.717, 1.165) is 6.42 Å². The monoisotopic (exact) mass is 197 g/mol. The molecule has 0 bridgehead atoms. The molecule has 0 rings (SSSR count). The second-order valence-electron chi connectivity index (χ2n) is 4.11. The zero-order valence-corrected chi connectivity index (χ0v) is 9.97. The van der Waals surface area contributed by atoms with Gasteiger partial charge >= 0.3 is 0 Å². The van der Waals surface area contributed by atoms with Crippen molar-refractivity contribution >= 4 is 0 Å². The Morgan fingerprint density at radius 3 is 2.43 bits per heavy atom. The predicted octanol–water partition coefficient (Wildman–Crippen LogP) is 4.03. The van der Waals surface area contributed by atoms with Crippen LogP contribution in [0.25, 0.3) is 0 Å².